The van der Waals surface area contributed by atoms with Gasteiger partial charge in [0.05, 0.1) is 14.2 Å². The zero-order chi connectivity index (χ0) is 18.9. The number of nitrogens with one attached hydrogen (secondary N) is 1. The highest BCUT2D eigenvalue weighted by atomic mass is 16.5. The third-order valence-corrected chi connectivity index (χ3v) is 3.79. The minimum atomic E-state index is -0.790. The number of carbonyl (C=O) groups excluding carboxylic acids is 2. The van der Waals surface area contributed by atoms with Crippen LogP contribution in [0.15, 0.2) is 54.6 Å². The number of ether oxygens (including phenoxy) is 2. The van der Waals surface area contributed by atoms with Crippen LogP contribution in [0.2, 0.25) is 0 Å². The summed E-state index contributed by atoms with van der Waals surface area (Å²) < 4.78 is 10.4. The molecule has 2 aromatic rings. The SMILES string of the molecule is COc1ccc(OC)c(/C=C/C(=O)NC(Cc2ccccc2)C(N)=O)c1. The van der Waals surface area contributed by atoms with Gasteiger partial charge < -0.3 is 20.5 Å². The van der Waals surface area contributed by atoms with E-state index in [9.17, 15) is 9.59 Å². The van der Waals surface area contributed by atoms with Crippen LogP contribution >= 0.6 is 0 Å². The van der Waals surface area contributed by atoms with Crippen molar-refractivity contribution in [1.82, 2.24) is 5.32 Å². The standard InChI is InChI=1S/C20H22N2O4/c1-25-16-9-10-18(26-2)15(13-16)8-11-19(23)22-17(20(21)24)12-14-6-4-3-5-7-14/h3-11,13,17H,12H2,1-2H3,(H2,21,24)(H,22,23)/b11-8+. The van der Waals surface area contributed by atoms with Crippen LogP contribution in [-0.2, 0) is 16.0 Å². The van der Waals surface area contributed by atoms with Gasteiger partial charge in [-0.15, -0.1) is 0 Å². The second-order valence-electron chi connectivity index (χ2n) is 5.59. The molecule has 6 nitrogen and oxygen atoms in total. The Morgan fingerprint density at radius 3 is 2.46 bits per heavy atom. The fraction of sp³-hybridized carbons (Fsp3) is 0.200. The number of hydrogen-bond donors (Lipinski definition) is 2. The van der Waals surface area contributed by atoms with Crippen molar-refractivity contribution in [3.8, 4) is 11.5 Å². The number of amides is 2. The fourth-order valence-electron chi connectivity index (χ4n) is 2.43. The van der Waals surface area contributed by atoms with E-state index in [-0.39, 0.29) is 0 Å². The van der Waals surface area contributed by atoms with Gasteiger partial charge in [-0.2, -0.15) is 0 Å². The Labute approximate surface area is 152 Å². The van der Waals surface area contributed by atoms with Gasteiger partial charge in [0.25, 0.3) is 0 Å². The Hall–Kier alpha value is -3.28. The molecule has 0 aromatic heterocycles. The molecule has 2 rings (SSSR count). The van der Waals surface area contributed by atoms with Crippen LogP contribution in [0.1, 0.15) is 11.1 Å². The summed E-state index contributed by atoms with van der Waals surface area (Å²) >= 11 is 0. The second-order valence-corrected chi connectivity index (χ2v) is 5.59. The molecule has 0 heterocycles. The highest BCUT2D eigenvalue weighted by Gasteiger charge is 2.17. The molecule has 0 aliphatic heterocycles. The summed E-state index contributed by atoms with van der Waals surface area (Å²) in [6.07, 6.45) is 3.26. The maximum Gasteiger partial charge on any atom is 0.244 e. The van der Waals surface area contributed by atoms with E-state index >= 15 is 0 Å². The summed E-state index contributed by atoms with van der Waals surface area (Å²) in [7, 11) is 3.10. The Kier molecular flexibility index (Phi) is 6.79. The van der Waals surface area contributed by atoms with E-state index in [1.807, 2.05) is 30.3 Å². The molecule has 1 unspecified atom stereocenters. The predicted octanol–water partition coefficient (Wildman–Crippen LogP) is 1.93. The second kappa shape index (κ2) is 9.27. The lowest BCUT2D eigenvalue weighted by Gasteiger charge is -2.14. The number of hydrogen-bond acceptors (Lipinski definition) is 4. The molecular weight excluding hydrogens is 332 g/mol. The Balaban J connectivity index is 2.08. The van der Waals surface area contributed by atoms with Crippen molar-refractivity contribution in [2.75, 3.05) is 14.2 Å². The highest BCUT2D eigenvalue weighted by molar-refractivity contribution is 5.95. The van der Waals surface area contributed by atoms with Crippen LogP contribution < -0.4 is 20.5 Å². The lowest BCUT2D eigenvalue weighted by Crippen LogP contribution is -2.45. The van der Waals surface area contributed by atoms with Crippen LogP contribution in [0.3, 0.4) is 0 Å². The van der Waals surface area contributed by atoms with Crippen molar-refractivity contribution < 1.29 is 19.1 Å². The summed E-state index contributed by atoms with van der Waals surface area (Å²) in [6, 6.07) is 13.8. The van der Waals surface area contributed by atoms with Crippen LogP contribution in [-0.4, -0.2) is 32.1 Å². The summed E-state index contributed by atoms with van der Waals surface area (Å²) in [4.78, 5) is 23.8. The van der Waals surface area contributed by atoms with Crippen molar-refractivity contribution >= 4 is 17.9 Å². The number of methoxy groups -OCH3 is 2. The van der Waals surface area contributed by atoms with Gasteiger partial charge in [0.2, 0.25) is 11.8 Å². The van der Waals surface area contributed by atoms with Crippen LogP contribution in [0.5, 0.6) is 11.5 Å². The maximum atomic E-state index is 12.2. The Morgan fingerprint density at radius 2 is 1.85 bits per heavy atom. The molecule has 1 atom stereocenters. The number of rotatable bonds is 8. The number of benzene rings is 2. The first-order chi connectivity index (χ1) is 12.5. The minimum absolute atomic E-state index is 0.332. The molecule has 0 radical (unpaired) electrons. The topological polar surface area (TPSA) is 90.7 Å². The molecule has 0 fully saturated rings. The van der Waals surface area contributed by atoms with E-state index < -0.39 is 17.9 Å². The van der Waals surface area contributed by atoms with Gasteiger partial charge in [0.1, 0.15) is 17.5 Å². The Bertz CT molecular complexity index is 788. The molecule has 0 spiro atoms. The predicted molar refractivity (Wildman–Crippen MR) is 99.9 cm³/mol. The van der Waals surface area contributed by atoms with E-state index in [0.29, 0.717) is 23.5 Å². The number of nitrogens with two attached hydrogens (primary N) is 1. The van der Waals surface area contributed by atoms with E-state index in [1.54, 1.807) is 38.5 Å². The highest BCUT2D eigenvalue weighted by Crippen LogP contribution is 2.25. The van der Waals surface area contributed by atoms with E-state index in [0.717, 1.165) is 5.56 Å². The first kappa shape index (κ1) is 19.1. The van der Waals surface area contributed by atoms with Gasteiger partial charge in [-0.3, -0.25) is 9.59 Å². The molecule has 0 saturated heterocycles. The number of carbonyl (C=O) groups is 2. The van der Waals surface area contributed by atoms with Crippen molar-refractivity contribution in [3.05, 3.63) is 65.7 Å². The van der Waals surface area contributed by atoms with E-state index in [1.165, 1.54) is 6.08 Å². The van der Waals surface area contributed by atoms with Gasteiger partial charge in [-0.1, -0.05) is 30.3 Å². The average Bonchev–Trinajstić information content (AvgIpc) is 2.66. The molecule has 0 bridgehead atoms. The minimum Gasteiger partial charge on any atom is -0.497 e. The quantitative estimate of drug-likeness (QED) is 0.709. The van der Waals surface area contributed by atoms with E-state index in [4.69, 9.17) is 15.2 Å². The number of primary amides is 1. The average molecular weight is 354 g/mol. The van der Waals surface area contributed by atoms with Crippen molar-refractivity contribution in [2.24, 2.45) is 5.73 Å². The fourth-order valence-corrected chi connectivity index (χ4v) is 2.43. The Morgan fingerprint density at radius 1 is 1.12 bits per heavy atom. The molecule has 136 valence electrons. The molecule has 0 aliphatic rings. The smallest absolute Gasteiger partial charge is 0.244 e. The third kappa shape index (κ3) is 5.37. The van der Waals surface area contributed by atoms with Gasteiger partial charge in [0.15, 0.2) is 0 Å². The largest absolute Gasteiger partial charge is 0.497 e. The first-order valence-electron chi connectivity index (χ1n) is 8.07. The summed E-state index contributed by atoms with van der Waals surface area (Å²) in [5.74, 6) is 0.236. The van der Waals surface area contributed by atoms with Crippen molar-refractivity contribution in [1.29, 1.82) is 0 Å². The normalized spacial score (nSPS) is 11.8. The molecular formula is C20H22N2O4. The molecule has 2 aromatic carbocycles. The lowest BCUT2D eigenvalue weighted by atomic mass is 10.1. The molecule has 3 N–H and O–H groups in total. The molecule has 0 saturated carbocycles. The van der Waals surface area contributed by atoms with Crippen molar-refractivity contribution in [2.45, 2.75) is 12.5 Å². The third-order valence-electron chi connectivity index (χ3n) is 3.79. The molecule has 26 heavy (non-hydrogen) atoms. The first-order valence-corrected chi connectivity index (χ1v) is 8.07. The lowest BCUT2D eigenvalue weighted by molar-refractivity contribution is -0.124. The van der Waals surface area contributed by atoms with E-state index in [2.05, 4.69) is 5.32 Å². The zero-order valence-electron chi connectivity index (χ0n) is 14.8. The summed E-state index contributed by atoms with van der Waals surface area (Å²) in [6.45, 7) is 0. The zero-order valence-corrected chi connectivity index (χ0v) is 14.8. The molecule has 0 aliphatic carbocycles. The van der Waals surface area contributed by atoms with Gasteiger partial charge >= 0.3 is 0 Å². The van der Waals surface area contributed by atoms with Crippen LogP contribution in [0.4, 0.5) is 0 Å². The van der Waals surface area contributed by atoms with Crippen LogP contribution in [0, 0.1) is 0 Å². The van der Waals surface area contributed by atoms with Crippen LogP contribution in [0.25, 0.3) is 6.08 Å². The van der Waals surface area contributed by atoms with Gasteiger partial charge in [-0.25, -0.2) is 0 Å². The summed E-state index contributed by atoms with van der Waals surface area (Å²) in [5.41, 5.74) is 7.00. The monoisotopic (exact) mass is 354 g/mol. The van der Waals surface area contributed by atoms with Gasteiger partial charge in [-0.05, 0) is 29.8 Å². The van der Waals surface area contributed by atoms with Crippen molar-refractivity contribution in [3.63, 3.8) is 0 Å². The van der Waals surface area contributed by atoms with Gasteiger partial charge in [0, 0.05) is 18.1 Å². The molecule has 2 amide bonds. The summed E-state index contributed by atoms with van der Waals surface area (Å²) in [5, 5.41) is 2.63. The maximum absolute atomic E-state index is 12.2. The molecule has 6 heteroatoms.